The first kappa shape index (κ1) is 24.5. The Balaban J connectivity index is 0.000000222. The quantitative estimate of drug-likeness (QED) is 0.570. The third-order valence-electron chi connectivity index (χ3n) is 5.41. The lowest BCUT2D eigenvalue weighted by atomic mass is 9.48. The SMILES string of the molecule is C=C(N)N(C(C)C)C(C)C.N#CB1CCC2(CCN(S)C2)C1.c1ccccc1. The predicted octanol–water partition coefficient (Wildman–Crippen LogP) is 4.71. The van der Waals surface area contributed by atoms with Crippen LogP contribution in [-0.2, 0) is 0 Å². The minimum absolute atomic E-state index is 0.324. The molecular weight excluding hydrogens is 363 g/mol. The molecule has 154 valence electrons. The molecule has 0 bridgehead atoms. The molecule has 2 N–H and O–H groups in total. The van der Waals surface area contributed by atoms with Gasteiger partial charge in [-0.25, -0.2) is 5.26 Å². The Hall–Kier alpha value is -1.58. The lowest BCUT2D eigenvalue weighted by Crippen LogP contribution is -2.38. The van der Waals surface area contributed by atoms with Crippen molar-refractivity contribution in [2.24, 2.45) is 11.1 Å². The number of nitrogens with two attached hydrogens (primary N) is 1. The summed E-state index contributed by atoms with van der Waals surface area (Å²) in [6, 6.07) is 12.9. The monoisotopic (exact) mass is 400 g/mol. The topological polar surface area (TPSA) is 56.3 Å². The van der Waals surface area contributed by atoms with Crippen molar-refractivity contribution in [3.05, 3.63) is 48.8 Å². The van der Waals surface area contributed by atoms with E-state index in [1.54, 1.807) is 0 Å². The van der Waals surface area contributed by atoms with E-state index in [2.05, 4.69) is 62.3 Å². The first-order valence-corrected chi connectivity index (χ1v) is 10.7. The van der Waals surface area contributed by atoms with Crippen LogP contribution in [0.4, 0.5) is 0 Å². The Bertz CT molecular complexity index is 582. The third kappa shape index (κ3) is 8.20. The molecule has 2 heterocycles. The molecule has 1 aromatic rings. The summed E-state index contributed by atoms with van der Waals surface area (Å²) in [4.78, 5) is 2.08. The van der Waals surface area contributed by atoms with Gasteiger partial charge in [0.1, 0.15) is 0 Å². The predicted molar refractivity (Wildman–Crippen MR) is 125 cm³/mol. The number of benzene rings is 1. The highest BCUT2D eigenvalue weighted by Gasteiger charge is 2.44. The van der Waals surface area contributed by atoms with Crippen LogP contribution in [-0.4, -0.2) is 41.1 Å². The van der Waals surface area contributed by atoms with Gasteiger partial charge in [-0.15, -0.1) is 0 Å². The second-order valence-electron chi connectivity index (χ2n) is 8.45. The third-order valence-corrected chi connectivity index (χ3v) is 5.76. The summed E-state index contributed by atoms with van der Waals surface area (Å²) < 4.78 is 2.10. The van der Waals surface area contributed by atoms with Crippen molar-refractivity contribution in [1.29, 1.82) is 5.26 Å². The summed E-state index contributed by atoms with van der Waals surface area (Å²) in [5.41, 5.74) is 6.03. The molecule has 0 saturated carbocycles. The van der Waals surface area contributed by atoms with Crippen molar-refractivity contribution in [2.75, 3.05) is 13.1 Å². The number of hydrogen-bond donors (Lipinski definition) is 2. The molecule has 1 spiro atoms. The molecule has 2 aliphatic rings. The maximum atomic E-state index is 8.79. The zero-order valence-electron chi connectivity index (χ0n) is 18.0. The smallest absolute Gasteiger partial charge is 0.268 e. The molecule has 1 atom stereocenters. The molecule has 0 aliphatic carbocycles. The molecule has 28 heavy (non-hydrogen) atoms. The molecule has 1 aromatic carbocycles. The highest BCUT2D eigenvalue weighted by Crippen LogP contribution is 2.46. The zero-order chi connectivity index (χ0) is 21.2. The van der Waals surface area contributed by atoms with Crippen LogP contribution < -0.4 is 5.73 Å². The molecule has 2 aliphatic heterocycles. The van der Waals surface area contributed by atoms with Crippen LogP contribution in [0.25, 0.3) is 0 Å². The zero-order valence-corrected chi connectivity index (χ0v) is 18.9. The van der Waals surface area contributed by atoms with E-state index in [9.17, 15) is 0 Å². The fourth-order valence-corrected chi connectivity index (χ4v) is 4.64. The minimum Gasteiger partial charge on any atom is -0.386 e. The van der Waals surface area contributed by atoms with Crippen molar-refractivity contribution in [3.63, 3.8) is 0 Å². The normalized spacial score (nSPS) is 21.0. The van der Waals surface area contributed by atoms with Crippen LogP contribution in [0, 0.1) is 16.6 Å². The van der Waals surface area contributed by atoms with Gasteiger partial charge in [0, 0.05) is 31.1 Å². The van der Waals surface area contributed by atoms with E-state index in [4.69, 9.17) is 11.0 Å². The van der Waals surface area contributed by atoms with Gasteiger partial charge in [0.15, 0.2) is 0 Å². The van der Waals surface area contributed by atoms with Gasteiger partial charge in [0.2, 0.25) is 0 Å². The second kappa shape index (κ2) is 12.1. The van der Waals surface area contributed by atoms with E-state index in [1.165, 1.54) is 12.8 Å². The summed E-state index contributed by atoms with van der Waals surface area (Å²) in [5.74, 6) is 3.04. The van der Waals surface area contributed by atoms with E-state index in [0.717, 1.165) is 25.7 Å². The van der Waals surface area contributed by atoms with E-state index in [1.807, 2.05) is 36.4 Å². The molecule has 3 rings (SSSR count). The Kier molecular flexibility index (Phi) is 10.6. The van der Waals surface area contributed by atoms with E-state index in [0.29, 0.717) is 30.0 Å². The number of rotatable bonds is 3. The van der Waals surface area contributed by atoms with Gasteiger partial charge in [-0.2, -0.15) is 0 Å². The number of nitrogens with zero attached hydrogens (tertiary/aromatic N) is 3. The van der Waals surface area contributed by atoms with Crippen LogP contribution in [0.3, 0.4) is 0 Å². The average Bonchev–Trinajstić information content (AvgIpc) is 3.22. The highest BCUT2D eigenvalue weighted by molar-refractivity contribution is 7.77. The van der Waals surface area contributed by atoms with Crippen molar-refractivity contribution in [2.45, 2.75) is 65.3 Å². The van der Waals surface area contributed by atoms with Crippen molar-refractivity contribution in [1.82, 2.24) is 9.21 Å². The number of nitriles is 1. The van der Waals surface area contributed by atoms with Gasteiger partial charge in [-0.1, -0.05) is 74.9 Å². The summed E-state index contributed by atoms with van der Waals surface area (Å²) in [5, 5.41) is 8.79. The maximum Gasteiger partial charge on any atom is 0.268 e. The Morgan fingerprint density at radius 3 is 1.89 bits per heavy atom. The van der Waals surface area contributed by atoms with Crippen LogP contribution >= 0.6 is 12.8 Å². The molecule has 0 amide bonds. The fourth-order valence-electron chi connectivity index (χ4n) is 4.24. The molecule has 6 heteroatoms. The van der Waals surface area contributed by atoms with Gasteiger partial charge in [-0.3, -0.25) is 4.31 Å². The fraction of sp³-hybridized carbons (Fsp3) is 0.591. The van der Waals surface area contributed by atoms with Crippen LogP contribution in [0.15, 0.2) is 48.8 Å². The van der Waals surface area contributed by atoms with Gasteiger partial charge >= 0.3 is 0 Å². The van der Waals surface area contributed by atoms with Crippen LogP contribution in [0.5, 0.6) is 0 Å². The maximum absolute atomic E-state index is 8.79. The first-order chi connectivity index (χ1) is 13.2. The Morgan fingerprint density at radius 2 is 1.64 bits per heavy atom. The molecule has 2 saturated heterocycles. The standard InChI is InChI=1S/C8H13BN2S.C8H18N2.C6H6/c10-7-9-3-1-8(5-9)2-4-11(12)6-8;1-6(2)10(7(3)4)8(5)9;1-2-4-6-5-3-1/h12H,1-6H2;6-7H,5,9H2,1-4H3;1-6H. The highest BCUT2D eigenvalue weighted by atomic mass is 32.1. The molecular formula is C22H37BN4S. The van der Waals surface area contributed by atoms with Gasteiger partial charge in [-0.05, 0) is 39.5 Å². The largest absolute Gasteiger partial charge is 0.386 e. The van der Waals surface area contributed by atoms with Gasteiger partial charge in [0.25, 0.3) is 6.71 Å². The lowest BCUT2D eigenvalue weighted by molar-refractivity contribution is 0.230. The second-order valence-corrected chi connectivity index (χ2v) is 9.01. The average molecular weight is 400 g/mol. The van der Waals surface area contributed by atoms with E-state index < -0.39 is 0 Å². The molecule has 0 radical (unpaired) electrons. The lowest BCUT2D eigenvalue weighted by Gasteiger charge is -2.32. The molecule has 1 unspecified atom stereocenters. The summed E-state index contributed by atoms with van der Waals surface area (Å²) in [6.45, 7) is 14.7. The minimum atomic E-state index is 0.324. The molecule has 4 nitrogen and oxygen atoms in total. The summed E-state index contributed by atoms with van der Waals surface area (Å²) >= 11 is 4.35. The Labute approximate surface area is 178 Å². The van der Waals surface area contributed by atoms with Crippen LogP contribution in [0.2, 0.25) is 12.6 Å². The molecule has 0 aromatic heterocycles. The van der Waals surface area contributed by atoms with Crippen LogP contribution in [0.1, 0.15) is 40.5 Å². The number of thiol groups is 1. The first-order valence-electron chi connectivity index (χ1n) is 10.3. The molecule has 2 fully saturated rings. The van der Waals surface area contributed by atoms with E-state index >= 15 is 0 Å². The van der Waals surface area contributed by atoms with Gasteiger partial charge in [0.05, 0.1) is 5.82 Å². The summed E-state index contributed by atoms with van der Waals surface area (Å²) in [7, 11) is 0. The summed E-state index contributed by atoms with van der Waals surface area (Å²) in [6.07, 6.45) is 4.70. The van der Waals surface area contributed by atoms with E-state index in [-0.39, 0.29) is 0 Å². The van der Waals surface area contributed by atoms with Crippen molar-refractivity contribution >= 4 is 19.5 Å². The van der Waals surface area contributed by atoms with Crippen molar-refractivity contribution < 1.29 is 0 Å². The van der Waals surface area contributed by atoms with Gasteiger partial charge < -0.3 is 10.6 Å². The number of hydrogen-bond acceptors (Lipinski definition) is 5. The van der Waals surface area contributed by atoms with Crippen molar-refractivity contribution in [3.8, 4) is 5.97 Å². The Morgan fingerprint density at radius 1 is 1.14 bits per heavy atom.